The van der Waals surface area contributed by atoms with Gasteiger partial charge in [0.1, 0.15) is 6.04 Å². The fourth-order valence-electron chi connectivity index (χ4n) is 1.82. The summed E-state index contributed by atoms with van der Waals surface area (Å²) in [6.07, 6.45) is 0.143. The Balaban J connectivity index is 2.54. The molecule has 1 rings (SSSR count). The van der Waals surface area contributed by atoms with Gasteiger partial charge in [-0.15, -0.1) is 0 Å². The number of carbonyl (C=O) groups is 2. The Labute approximate surface area is 153 Å². The Morgan fingerprint density at radius 1 is 1.20 bits per heavy atom. The molecule has 0 bridgehead atoms. The van der Waals surface area contributed by atoms with Gasteiger partial charge in [0.05, 0.1) is 5.75 Å². The zero-order chi connectivity index (χ0) is 19.0. The normalized spacial score (nSPS) is 13.8. The minimum absolute atomic E-state index is 0.0618. The maximum Gasteiger partial charge on any atom is 0.324 e. The molecule has 0 spiro atoms. The lowest BCUT2D eigenvalue weighted by Gasteiger charge is -2.17. The molecule has 0 aliphatic heterocycles. The summed E-state index contributed by atoms with van der Waals surface area (Å²) in [5, 5.41) is 3.11. The van der Waals surface area contributed by atoms with Crippen LogP contribution in [0.15, 0.2) is 24.3 Å². The lowest BCUT2D eigenvalue weighted by molar-refractivity contribution is -0.154. The van der Waals surface area contributed by atoms with Crippen molar-refractivity contribution in [1.82, 2.24) is 4.72 Å². The van der Waals surface area contributed by atoms with Crippen LogP contribution in [0.1, 0.15) is 33.6 Å². The Bertz CT molecular complexity index is 691. The number of unbranched alkanes of at least 4 members (excludes halogenated alkanes) is 1. The molecule has 0 saturated heterocycles. The zero-order valence-electron chi connectivity index (χ0n) is 14.4. The van der Waals surface area contributed by atoms with Crippen LogP contribution in [0.3, 0.4) is 0 Å². The van der Waals surface area contributed by atoms with Gasteiger partial charge in [-0.3, -0.25) is 9.59 Å². The van der Waals surface area contributed by atoms with Gasteiger partial charge in [0.2, 0.25) is 10.0 Å². The molecule has 25 heavy (non-hydrogen) atoms. The number of hydrogen-bond acceptors (Lipinski definition) is 5. The van der Waals surface area contributed by atoms with Crippen molar-refractivity contribution in [2.75, 3.05) is 11.1 Å². The highest BCUT2D eigenvalue weighted by Gasteiger charge is 2.25. The van der Waals surface area contributed by atoms with Crippen molar-refractivity contribution in [3.63, 3.8) is 0 Å². The molecule has 1 aromatic carbocycles. The van der Waals surface area contributed by atoms with Crippen LogP contribution in [0.4, 0.5) is 5.69 Å². The molecule has 0 fully saturated rings. The maximum absolute atomic E-state index is 12.0. The lowest BCUT2D eigenvalue weighted by atomic mass is 10.3. The SMILES string of the molecule is CCCCS(=O)(=O)N[C@@H](C)C(=O)O[C@H](C)C(=O)Nc1ccc(Cl)cc1. The molecule has 9 heteroatoms. The van der Waals surface area contributed by atoms with Gasteiger partial charge in [-0.05, 0) is 44.5 Å². The van der Waals surface area contributed by atoms with E-state index in [-0.39, 0.29) is 5.75 Å². The Kier molecular flexibility index (Phi) is 8.34. The molecule has 2 atom stereocenters. The summed E-state index contributed by atoms with van der Waals surface area (Å²) in [6, 6.07) is 5.37. The van der Waals surface area contributed by atoms with E-state index in [4.69, 9.17) is 16.3 Å². The Morgan fingerprint density at radius 3 is 2.36 bits per heavy atom. The van der Waals surface area contributed by atoms with Crippen molar-refractivity contribution in [2.45, 2.75) is 45.8 Å². The van der Waals surface area contributed by atoms with E-state index >= 15 is 0 Å². The molecule has 140 valence electrons. The Morgan fingerprint density at radius 2 is 1.80 bits per heavy atom. The summed E-state index contributed by atoms with van der Waals surface area (Å²) in [5.74, 6) is -1.41. The van der Waals surface area contributed by atoms with Gasteiger partial charge >= 0.3 is 5.97 Å². The van der Waals surface area contributed by atoms with Crippen molar-refractivity contribution in [3.8, 4) is 0 Å². The first-order chi connectivity index (χ1) is 11.6. The second kappa shape index (κ2) is 9.74. The van der Waals surface area contributed by atoms with Crippen LogP contribution in [-0.2, 0) is 24.3 Å². The second-order valence-electron chi connectivity index (χ2n) is 5.59. The van der Waals surface area contributed by atoms with E-state index in [9.17, 15) is 18.0 Å². The summed E-state index contributed by atoms with van der Waals surface area (Å²) in [6.45, 7) is 4.64. The van der Waals surface area contributed by atoms with E-state index in [1.54, 1.807) is 24.3 Å². The van der Waals surface area contributed by atoms with E-state index in [0.29, 0.717) is 17.1 Å². The lowest BCUT2D eigenvalue weighted by Crippen LogP contribution is -2.43. The number of halogens is 1. The van der Waals surface area contributed by atoms with Gasteiger partial charge in [0.15, 0.2) is 6.10 Å². The first-order valence-corrected chi connectivity index (χ1v) is 9.94. The van der Waals surface area contributed by atoms with Crippen molar-refractivity contribution < 1.29 is 22.7 Å². The fraction of sp³-hybridized carbons (Fsp3) is 0.500. The first kappa shape index (κ1) is 21.4. The summed E-state index contributed by atoms with van der Waals surface area (Å²) in [4.78, 5) is 24.0. The van der Waals surface area contributed by atoms with Crippen LogP contribution >= 0.6 is 11.6 Å². The maximum atomic E-state index is 12.0. The molecule has 0 heterocycles. The standard InChI is InChI=1S/C16H23ClN2O5S/c1-4-5-10-25(22,23)19-11(2)16(21)24-12(3)15(20)18-14-8-6-13(17)7-9-14/h6-9,11-12,19H,4-5,10H2,1-3H3,(H,18,20)/t11-,12+/m0/s1. The van der Waals surface area contributed by atoms with Crippen molar-refractivity contribution >= 4 is 39.2 Å². The highest BCUT2D eigenvalue weighted by atomic mass is 35.5. The third-order valence-electron chi connectivity index (χ3n) is 3.25. The molecule has 2 N–H and O–H groups in total. The van der Waals surface area contributed by atoms with Crippen molar-refractivity contribution in [3.05, 3.63) is 29.3 Å². The number of nitrogens with one attached hydrogen (secondary N) is 2. The molecule has 0 unspecified atom stereocenters. The second-order valence-corrected chi connectivity index (χ2v) is 7.90. The van der Waals surface area contributed by atoms with Crippen LogP contribution in [0.2, 0.25) is 5.02 Å². The quantitative estimate of drug-likeness (QED) is 0.630. The first-order valence-electron chi connectivity index (χ1n) is 7.91. The topological polar surface area (TPSA) is 102 Å². The number of ether oxygens (including phenoxy) is 1. The van der Waals surface area contributed by atoms with Crippen molar-refractivity contribution in [2.24, 2.45) is 0 Å². The number of anilines is 1. The number of carbonyl (C=O) groups excluding carboxylic acids is 2. The zero-order valence-corrected chi connectivity index (χ0v) is 16.0. The van der Waals surface area contributed by atoms with Crippen LogP contribution in [0.25, 0.3) is 0 Å². The number of hydrogen-bond donors (Lipinski definition) is 2. The van der Waals surface area contributed by atoms with Gasteiger partial charge in [0.25, 0.3) is 5.91 Å². The fourth-order valence-corrected chi connectivity index (χ4v) is 3.37. The number of rotatable bonds is 9. The van der Waals surface area contributed by atoms with E-state index in [0.717, 1.165) is 6.42 Å². The number of amides is 1. The van der Waals surface area contributed by atoms with Gasteiger partial charge in [-0.2, -0.15) is 0 Å². The third kappa shape index (κ3) is 7.85. The van der Waals surface area contributed by atoms with Gasteiger partial charge in [-0.25, -0.2) is 13.1 Å². The van der Waals surface area contributed by atoms with Crippen LogP contribution in [-0.4, -0.2) is 38.2 Å². The summed E-state index contributed by atoms with van der Waals surface area (Å²) >= 11 is 5.76. The average Bonchev–Trinajstić information content (AvgIpc) is 2.54. The highest BCUT2D eigenvalue weighted by Crippen LogP contribution is 2.14. The molecule has 1 aromatic rings. The van der Waals surface area contributed by atoms with Crippen LogP contribution in [0.5, 0.6) is 0 Å². The largest absolute Gasteiger partial charge is 0.451 e. The third-order valence-corrected chi connectivity index (χ3v) is 5.04. The molecule has 0 saturated carbocycles. The molecular weight excluding hydrogens is 368 g/mol. The van der Waals surface area contributed by atoms with E-state index in [1.165, 1.54) is 13.8 Å². The van der Waals surface area contributed by atoms with E-state index in [1.807, 2.05) is 6.92 Å². The van der Waals surface area contributed by atoms with E-state index < -0.39 is 34.0 Å². The minimum Gasteiger partial charge on any atom is -0.451 e. The number of sulfonamides is 1. The predicted octanol–water partition coefficient (Wildman–Crippen LogP) is 2.32. The van der Waals surface area contributed by atoms with Gasteiger partial charge < -0.3 is 10.1 Å². The summed E-state index contributed by atoms with van der Waals surface area (Å²) in [7, 11) is -3.56. The molecular formula is C16H23ClN2O5S. The molecule has 7 nitrogen and oxygen atoms in total. The summed E-state index contributed by atoms with van der Waals surface area (Å²) < 4.78 is 30.8. The molecule has 0 aromatic heterocycles. The summed E-state index contributed by atoms with van der Waals surface area (Å²) in [5.41, 5.74) is 0.505. The number of esters is 1. The Hall–Kier alpha value is -1.64. The molecule has 0 aliphatic rings. The van der Waals surface area contributed by atoms with Gasteiger partial charge in [-0.1, -0.05) is 24.9 Å². The van der Waals surface area contributed by atoms with Gasteiger partial charge in [0, 0.05) is 10.7 Å². The van der Waals surface area contributed by atoms with Crippen LogP contribution < -0.4 is 10.0 Å². The smallest absolute Gasteiger partial charge is 0.324 e. The average molecular weight is 391 g/mol. The number of benzene rings is 1. The molecule has 1 amide bonds. The highest BCUT2D eigenvalue weighted by molar-refractivity contribution is 7.89. The minimum atomic E-state index is -3.56. The van der Waals surface area contributed by atoms with E-state index in [2.05, 4.69) is 10.0 Å². The molecule has 0 radical (unpaired) electrons. The monoisotopic (exact) mass is 390 g/mol. The van der Waals surface area contributed by atoms with Crippen molar-refractivity contribution in [1.29, 1.82) is 0 Å². The predicted molar refractivity (Wildman–Crippen MR) is 96.9 cm³/mol. The molecule has 0 aliphatic carbocycles. The van der Waals surface area contributed by atoms with Crippen LogP contribution in [0, 0.1) is 0 Å².